The minimum atomic E-state index is -0.302. The third-order valence-electron chi connectivity index (χ3n) is 5.74. The lowest BCUT2D eigenvalue weighted by Crippen LogP contribution is -2.49. The average Bonchev–Trinajstić information content (AvgIpc) is 2.70. The molecule has 162 valence electrons. The van der Waals surface area contributed by atoms with Gasteiger partial charge in [-0.15, -0.1) is 0 Å². The fraction of sp³-hybridized carbons (Fsp3) is 0.545. The van der Waals surface area contributed by atoms with Crippen LogP contribution in [0.1, 0.15) is 39.4 Å². The molecule has 0 spiro atoms. The van der Waals surface area contributed by atoms with Crippen molar-refractivity contribution in [2.75, 3.05) is 31.1 Å². The number of amides is 1. The molecule has 8 heteroatoms. The van der Waals surface area contributed by atoms with Gasteiger partial charge in [-0.1, -0.05) is 45.9 Å². The molecule has 0 saturated carbocycles. The Labute approximate surface area is 182 Å². The summed E-state index contributed by atoms with van der Waals surface area (Å²) in [7, 11) is 0. The van der Waals surface area contributed by atoms with E-state index < -0.39 is 0 Å². The topological polar surface area (TPSA) is 71.3 Å². The smallest absolute Gasteiger partial charge is 0.351 e. The third-order valence-corrected chi connectivity index (χ3v) is 6.12. The molecule has 2 aromatic rings. The van der Waals surface area contributed by atoms with Crippen molar-refractivity contribution in [3.05, 3.63) is 39.9 Å². The predicted molar refractivity (Wildman–Crippen MR) is 121 cm³/mol. The van der Waals surface area contributed by atoms with Gasteiger partial charge in [0.05, 0.1) is 16.1 Å². The Morgan fingerprint density at radius 1 is 1.13 bits per heavy atom. The van der Waals surface area contributed by atoms with Gasteiger partial charge in [0.1, 0.15) is 11.5 Å². The van der Waals surface area contributed by atoms with E-state index in [2.05, 4.69) is 39.3 Å². The van der Waals surface area contributed by atoms with Gasteiger partial charge >= 0.3 is 5.69 Å². The molecule has 3 heterocycles. The second-order valence-electron chi connectivity index (χ2n) is 8.51. The van der Waals surface area contributed by atoms with E-state index in [0.29, 0.717) is 48.4 Å². The van der Waals surface area contributed by atoms with E-state index in [1.54, 1.807) is 9.47 Å². The lowest BCUT2D eigenvalue weighted by Gasteiger charge is -2.36. The quantitative estimate of drug-likeness (QED) is 0.678. The molecular weight excluding hydrogens is 402 g/mol. The summed E-state index contributed by atoms with van der Waals surface area (Å²) in [5.41, 5.74) is 0.995. The minimum Gasteiger partial charge on any atom is -0.352 e. The molecule has 1 saturated heterocycles. The van der Waals surface area contributed by atoms with Crippen molar-refractivity contribution >= 4 is 34.4 Å². The highest BCUT2D eigenvalue weighted by Crippen LogP contribution is 2.32. The first-order valence-corrected chi connectivity index (χ1v) is 10.8. The SMILES string of the molecule is C=CC(=O)N1CCN(c2nc(=O)n(C(C(C)C)C(C)C)c3nc(C)c(Cl)cc23)CC1. The maximum atomic E-state index is 13.2. The maximum Gasteiger partial charge on any atom is 0.351 e. The molecule has 2 aromatic heterocycles. The predicted octanol–water partition coefficient (Wildman–Crippen LogP) is 3.44. The third kappa shape index (κ3) is 4.08. The molecule has 30 heavy (non-hydrogen) atoms. The lowest BCUT2D eigenvalue weighted by molar-refractivity contribution is -0.126. The molecule has 0 radical (unpaired) electrons. The number of aromatic nitrogens is 3. The fourth-order valence-electron chi connectivity index (χ4n) is 4.36. The fourth-order valence-corrected chi connectivity index (χ4v) is 4.51. The van der Waals surface area contributed by atoms with Crippen LogP contribution >= 0.6 is 11.6 Å². The summed E-state index contributed by atoms with van der Waals surface area (Å²) in [6.45, 7) is 16.1. The summed E-state index contributed by atoms with van der Waals surface area (Å²) >= 11 is 6.42. The van der Waals surface area contributed by atoms with Crippen molar-refractivity contribution in [2.45, 2.75) is 40.7 Å². The lowest BCUT2D eigenvalue weighted by atomic mass is 9.93. The Morgan fingerprint density at radius 2 is 1.73 bits per heavy atom. The van der Waals surface area contributed by atoms with Crippen molar-refractivity contribution < 1.29 is 4.79 Å². The molecule has 1 amide bonds. The first-order chi connectivity index (χ1) is 14.1. The van der Waals surface area contributed by atoms with Gasteiger partial charge < -0.3 is 9.80 Å². The minimum absolute atomic E-state index is 0.0308. The van der Waals surface area contributed by atoms with Gasteiger partial charge in [0.25, 0.3) is 0 Å². The summed E-state index contributed by atoms with van der Waals surface area (Å²) in [6.07, 6.45) is 1.33. The number of carbonyl (C=O) groups excluding carboxylic acids is 1. The van der Waals surface area contributed by atoms with Crippen LogP contribution in [0.3, 0.4) is 0 Å². The molecule has 7 nitrogen and oxygen atoms in total. The van der Waals surface area contributed by atoms with Gasteiger partial charge in [0.2, 0.25) is 5.91 Å². The van der Waals surface area contributed by atoms with Crippen molar-refractivity contribution in [1.29, 1.82) is 0 Å². The van der Waals surface area contributed by atoms with E-state index in [9.17, 15) is 9.59 Å². The summed E-state index contributed by atoms with van der Waals surface area (Å²) < 4.78 is 1.73. The van der Waals surface area contributed by atoms with Crippen LogP contribution in [0.4, 0.5) is 5.82 Å². The summed E-state index contributed by atoms with van der Waals surface area (Å²) in [5, 5.41) is 1.31. The van der Waals surface area contributed by atoms with Crippen LogP contribution in [-0.2, 0) is 4.79 Å². The van der Waals surface area contributed by atoms with Crippen molar-refractivity contribution in [3.63, 3.8) is 0 Å². The van der Waals surface area contributed by atoms with Crippen molar-refractivity contribution in [1.82, 2.24) is 19.4 Å². The summed E-state index contributed by atoms with van der Waals surface area (Å²) in [4.78, 5) is 38.1. The number of hydrogen-bond donors (Lipinski definition) is 0. The highest BCUT2D eigenvalue weighted by Gasteiger charge is 2.28. The number of hydrogen-bond acceptors (Lipinski definition) is 5. The molecule has 0 bridgehead atoms. The number of pyridine rings is 1. The zero-order chi connectivity index (χ0) is 22.2. The van der Waals surface area contributed by atoms with E-state index >= 15 is 0 Å². The number of rotatable bonds is 5. The highest BCUT2D eigenvalue weighted by molar-refractivity contribution is 6.31. The van der Waals surface area contributed by atoms with E-state index in [0.717, 1.165) is 5.39 Å². The summed E-state index contributed by atoms with van der Waals surface area (Å²) in [6, 6.07) is 1.83. The molecule has 1 aliphatic rings. The van der Waals surface area contributed by atoms with Crippen LogP contribution in [0.5, 0.6) is 0 Å². The van der Waals surface area contributed by atoms with E-state index in [1.807, 2.05) is 17.9 Å². The second kappa shape index (κ2) is 8.76. The first kappa shape index (κ1) is 22.3. The number of nitrogens with zero attached hydrogens (tertiary/aromatic N) is 5. The molecule has 0 unspecified atom stereocenters. The molecule has 3 rings (SSSR count). The van der Waals surface area contributed by atoms with E-state index in [-0.39, 0.29) is 29.5 Å². The monoisotopic (exact) mass is 431 g/mol. The molecule has 0 aromatic carbocycles. The highest BCUT2D eigenvalue weighted by atomic mass is 35.5. The standard InChI is InChI=1S/C22H30ClN5O2/c1-7-18(29)26-8-10-27(11-9-26)20-16-12-17(23)15(6)24-21(16)28(22(30)25-20)19(13(2)3)14(4)5/h7,12-14,19H,1,8-11H2,2-6H3. The van der Waals surface area contributed by atoms with E-state index in [4.69, 9.17) is 16.6 Å². The van der Waals surface area contributed by atoms with Crippen LogP contribution in [0.2, 0.25) is 5.02 Å². The molecule has 1 fully saturated rings. The molecular formula is C22H30ClN5O2. The van der Waals surface area contributed by atoms with Gasteiger partial charge in [0.15, 0.2) is 0 Å². The number of aryl methyl sites for hydroxylation is 1. The average molecular weight is 432 g/mol. The largest absolute Gasteiger partial charge is 0.352 e. The zero-order valence-corrected chi connectivity index (χ0v) is 19.1. The van der Waals surface area contributed by atoms with Crippen LogP contribution in [0.15, 0.2) is 23.5 Å². The Kier molecular flexibility index (Phi) is 6.50. The van der Waals surface area contributed by atoms with Crippen LogP contribution in [-0.4, -0.2) is 51.5 Å². The number of fused-ring (bicyclic) bond motifs is 1. The Morgan fingerprint density at radius 3 is 2.27 bits per heavy atom. The number of anilines is 1. The Hall–Kier alpha value is -2.41. The van der Waals surface area contributed by atoms with Gasteiger partial charge in [0, 0.05) is 32.2 Å². The van der Waals surface area contributed by atoms with E-state index in [1.165, 1.54) is 6.08 Å². The van der Waals surface area contributed by atoms with Crippen molar-refractivity contribution in [2.24, 2.45) is 11.8 Å². The maximum absolute atomic E-state index is 13.2. The van der Waals surface area contributed by atoms with Crippen LogP contribution in [0, 0.1) is 18.8 Å². The van der Waals surface area contributed by atoms with Crippen LogP contribution < -0.4 is 10.6 Å². The van der Waals surface area contributed by atoms with Gasteiger partial charge in [-0.05, 0) is 30.9 Å². The molecule has 1 aliphatic heterocycles. The second-order valence-corrected chi connectivity index (χ2v) is 8.92. The Bertz CT molecular complexity index is 1010. The molecule has 0 atom stereocenters. The van der Waals surface area contributed by atoms with Gasteiger partial charge in [-0.3, -0.25) is 9.36 Å². The normalized spacial score (nSPS) is 15.0. The zero-order valence-electron chi connectivity index (χ0n) is 18.4. The number of piperazine rings is 1. The van der Waals surface area contributed by atoms with Gasteiger partial charge in [-0.2, -0.15) is 4.98 Å². The number of halogens is 1. The molecule has 0 aliphatic carbocycles. The van der Waals surface area contributed by atoms with Crippen molar-refractivity contribution in [3.8, 4) is 0 Å². The summed E-state index contributed by atoms with van der Waals surface area (Å²) in [5.74, 6) is 0.979. The van der Waals surface area contributed by atoms with Crippen LogP contribution in [0.25, 0.3) is 11.0 Å². The number of carbonyl (C=O) groups is 1. The Balaban J connectivity index is 2.15. The first-order valence-electron chi connectivity index (χ1n) is 10.4. The molecule has 0 N–H and O–H groups in total. The van der Waals surface area contributed by atoms with Gasteiger partial charge in [-0.25, -0.2) is 9.78 Å².